The molecule has 1 aliphatic rings. The van der Waals surface area contributed by atoms with Crippen molar-refractivity contribution < 1.29 is 9.53 Å². The zero-order valence-electron chi connectivity index (χ0n) is 8.27. The standard InChI is InChI=1S/C8H13N5O2/c14-8(4-7-10-12-13-11-7)9-5-6-2-1-3-15-6/h6H,1-5H2,(H,9,14)(H,10,11,12,13). The van der Waals surface area contributed by atoms with Crippen LogP contribution in [0.5, 0.6) is 0 Å². The van der Waals surface area contributed by atoms with Crippen LogP contribution in [0.25, 0.3) is 0 Å². The summed E-state index contributed by atoms with van der Waals surface area (Å²) in [7, 11) is 0. The van der Waals surface area contributed by atoms with Crippen molar-refractivity contribution in [1.29, 1.82) is 0 Å². The molecule has 2 N–H and O–H groups in total. The summed E-state index contributed by atoms with van der Waals surface area (Å²) < 4.78 is 5.37. The summed E-state index contributed by atoms with van der Waals surface area (Å²) in [5.41, 5.74) is 0. The Labute approximate surface area is 86.6 Å². The molecular formula is C8H13N5O2. The number of rotatable bonds is 4. The maximum absolute atomic E-state index is 11.4. The van der Waals surface area contributed by atoms with Gasteiger partial charge in [-0.1, -0.05) is 5.21 Å². The van der Waals surface area contributed by atoms with E-state index >= 15 is 0 Å². The van der Waals surface area contributed by atoms with Gasteiger partial charge in [0.15, 0.2) is 5.82 Å². The Morgan fingerprint density at radius 2 is 2.60 bits per heavy atom. The first-order chi connectivity index (χ1) is 7.34. The molecule has 0 aromatic carbocycles. The molecular weight excluding hydrogens is 198 g/mol. The quantitative estimate of drug-likeness (QED) is 0.669. The van der Waals surface area contributed by atoms with Gasteiger partial charge >= 0.3 is 0 Å². The lowest BCUT2D eigenvalue weighted by atomic mass is 10.2. The van der Waals surface area contributed by atoms with E-state index in [9.17, 15) is 4.79 Å². The van der Waals surface area contributed by atoms with Gasteiger partial charge < -0.3 is 10.1 Å². The largest absolute Gasteiger partial charge is 0.376 e. The van der Waals surface area contributed by atoms with Crippen molar-refractivity contribution >= 4 is 5.91 Å². The summed E-state index contributed by atoms with van der Waals surface area (Å²) in [6.45, 7) is 1.36. The third-order valence-electron chi connectivity index (χ3n) is 2.26. The Hall–Kier alpha value is -1.50. The second kappa shape index (κ2) is 4.83. The molecule has 2 rings (SSSR count). The van der Waals surface area contributed by atoms with Gasteiger partial charge in [-0.25, -0.2) is 0 Å². The second-order valence-electron chi connectivity index (χ2n) is 3.44. The minimum Gasteiger partial charge on any atom is -0.376 e. The first-order valence-corrected chi connectivity index (χ1v) is 4.95. The summed E-state index contributed by atoms with van der Waals surface area (Å²) in [6, 6.07) is 0. The van der Waals surface area contributed by atoms with Crippen LogP contribution >= 0.6 is 0 Å². The molecule has 1 amide bonds. The van der Waals surface area contributed by atoms with E-state index in [0.717, 1.165) is 19.4 Å². The van der Waals surface area contributed by atoms with Gasteiger partial charge in [-0.05, 0) is 12.8 Å². The molecule has 1 atom stereocenters. The number of amides is 1. The average molecular weight is 211 g/mol. The molecule has 2 heterocycles. The SMILES string of the molecule is O=C(Cc1nn[nH]n1)NCC1CCCO1. The highest BCUT2D eigenvalue weighted by Crippen LogP contribution is 2.10. The first kappa shape index (κ1) is 10.0. The summed E-state index contributed by atoms with van der Waals surface area (Å²) >= 11 is 0. The molecule has 7 nitrogen and oxygen atoms in total. The van der Waals surface area contributed by atoms with Gasteiger partial charge in [0, 0.05) is 13.2 Å². The van der Waals surface area contributed by atoms with Crippen molar-refractivity contribution in [2.24, 2.45) is 0 Å². The van der Waals surface area contributed by atoms with E-state index in [1.807, 2.05) is 0 Å². The molecule has 7 heteroatoms. The number of aromatic nitrogens is 4. The summed E-state index contributed by atoms with van der Waals surface area (Å²) in [6.07, 6.45) is 2.41. The van der Waals surface area contributed by atoms with Crippen molar-refractivity contribution in [2.75, 3.05) is 13.2 Å². The highest BCUT2D eigenvalue weighted by molar-refractivity contribution is 5.77. The Morgan fingerprint density at radius 3 is 3.27 bits per heavy atom. The fraction of sp³-hybridized carbons (Fsp3) is 0.750. The van der Waals surface area contributed by atoms with Crippen LogP contribution in [0.2, 0.25) is 0 Å². The van der Waals surface area contributed by atoms with Crippen LogP contribution in [0.15, 0.2) is 0 Å². The number of ether oxygens (including phenoxy) is 1. The number of carbonyl (C=O) groups excluding carboxylic acids is 1. The molecule has 1 aliphatic heterocycles. The van der Waals surface area contributed by atoms with E-state index < -0.39 is 0 Å². The lowest BCUT2D eigenvalue weighted by molar-refractivity contribution is -0.121. The molecule has 0 bridgehead atoms. The number of nitrogens with one attached hydrogen (secondary N) is 2. The van der Waals surface area contributed by atoms with Gasteiger partial charge in [0.05, 0.1) is 12.5 Å². The number of nitrogens with zero attached hydrogens (tertiary/aromatic N) is 3. The molecule has 1 aromatic heterocycles. The smallest absolute Gasteiger partial charge is 0.227 e. The zero-order valence-corrected chi connectivity index (χ0v) is 8.27. The first-order valence-electron chi connectivity index (χ1n) is 4.95. The Morgan fingerprint density at radius 1 is 1.67 bits per heavy atom. The Balaban J connectivity index is 1.68. The maximum Gasteiger partial charge on any atom is 0.227 e. The lowest BCUT2D eigenvalue weighted by Crippen LogP contribution is -2.33. The highest BCUT2D eigenvalue weighted by atomic mass is 16.5. The zero-order chi connectivity index (χ0) is 10.5. The van der Waals surface area contributed by atoms with Crippen LogP contribution in [0.4, 0.5) is 0 Å². The van der Waals surface area contributed by atoms with Crippen molar-refractivity contribution in [3.63, 3.8) is 0 Å². The van der Waals surface area contributed by atoms with E-state index in [0.29, 0.717) is 12.4 Å². The molecule has 15 heavy (non-hydrogen) atoms. The van der Waals surface area contributed by atoms with Gasteiger partial charge in [-0.15, -0.1) is 10.2 Å². The average Bonchev–Trinajstić information content (AvgIpc) is 2.86. The minimum atomic E-state index is -0.105. The number of carbonyl (C=O) groups is 1. The Kier molecular flexibility index (Phi) is 3.23. The second-order valence-corrected chi connectivity index (χ2v) is 3.44. The van der Waals surface area contributed by atoms with Crippen LogP contribution in [-0.4, -0.2) is 45.8 Å². The molecule has 0 aliphatic carbocycles. The van der Waals surface area contributed by atoms with Crippen LogP contribution in [-0.2, 0) is 16.0 Å². The van der Waals surface area contributed by atoms with E-state index in [2.05, 4.69) is 25.9 Å². The van der Waals surface area contributed by atoms with Crippen molar-refractivity contribution in [3.05, 3.63) is 5.82 Å². The molecule has 1 saturated heterocycles. The fourth-order valence-corrected chi connectivity index (χ4v) is 1.50. The van der Waals surface area contributed by atoms with Crippen LogP contribution in [0.3, 0.4) is 0 Å². The number of hydrogen-bond acceptors (Lipinski definition) is 5. The summed E-state index contributed by atoms with van der Waals surface area (Å²) in [4.78, 5) is 11.4. The van der Waals surface area contributed by atoms with Crippen LogP contribution < -0.4 is 5.32 Å². The van der Waals surface area contributed by atoms with Gasteiger partial charge in [-0.3, -0.25) is 4.79 Å². The van der Waals surface area contributed by atoms with Crippen molar-refractivity contribution in [3.8, 4) is 0 Å². The normalized spacial score (nSPS) is 20.4. The number of hydrogen-bond donors (Lipinski definition) is 2. The van der Waals surface area contributed by atoms with Crippen molar-refractivity contribution in [1.82, 2.24) is 25.9 Å². The lowest BCUT2D eigenvalue weighted by Gasteiger charge is -2.09. The summed E-state index contributed by atoms with van der Waals surface area (Å²) in [5.74, 6) is 0.298. The predicted molar refractivity (Wildman–Crippen MR) is 49.9 cm³/mol. The van der Waals surface area contributed by atoms with Gasteiger partial charge in [0.25, 0.3) is 0 Å². The number of tetrazole rings is 1. The number of aromatic amines is 1. The molecule has 1 aromatic rings. The molecule has 0 radical (unpaired) electrons. The van der Waals surface area contributed by atoms with E-state index in [-0.39, 0.29) is 18.4 Å². The van der Waals surface area contributed by atoms with Crippen LogP contribution in [0, 0.1) is 0 Å². The third-order valence-corrected chi connectivity index (χ3v) is 2.26. The van der Waals surface area contributed by atoms with Crippen molar-refractivity contribution in [2.45, 2.75) is 25.4 Å². The van der Waals surface area contributed by atoms with Gasteiger partial charge in [-0.2, -0.15) is 5.21 Å². The highest BCUT2D eigenvalue weighted by Gasteiger charge is 2.16. The van der Waals surface area contributed by atoms with Gasteiger partial charge in [0.1, 0.15) is 0 Å². The van der Waals surface area contributed by atoms with E-state index in [4.69, 9.17) is 4.74 Å². The van der Waals surface area contributed by atoms with Crippen LogP contribution in [0.1, 0.15) is 18.7 Å². The molecule has 1 unspecified atom stereocenters. The third kappa shape index (κ3) is 2.98. The number of H-pyrrole nitrogens is 1. The van der Waals surface area contributed by atoms with E-state index in [1.165, 1.54) is 0 Å². The predicted octanol–water partition coefficient (Wildman–Crippen LogP) is -0.963. The molecule has 1 fully saturated rings. The minimum absolute atomic E-state index is 0.105. The Bertz CT molecular complexity index is 307. The van der Waals surface area contributed by atoms with Gasteiger partial charge in [0.2, 0.25) is 5.91 Å². The maximum atomic E-state index is 11.4. The monoisotopic (exact) mass is 211 g/mol. The fourth-order valence-electron chi connectivity index (χ4n) is 1.50. The molecule has 0 saturated carbocycles. The molecule has 82 valence electrons. The topological polar surface area (TPSA) is 92.8 Å². The summed E-state index contributed by atoms with van der Waals surface area (Å²) in [5, 5.41) is 15.8. The van der Waals surface area contributed by atoms with E-state index in [1.54, 1.807) is 0 Å². The molecule has 0 spiro atoms.